The number of hydrogen-bond donors (Lipinski definition) is 1. The molecule has 0 aliphatic rings. The summed E-state index contributed by atoms with van der Waals surface area (Å²) in [5, 5.41) is 10.5. The third kappa shape index (κ3) is 3.64. The Morgan fingerprint density at radius 3 is 2.10 bits per heavy atom. The Morgan fingerprint density at radius 1 is 0.857 bits per heavy atom. The molecule has 0 aromatic heterocycles. The second kappa shape index (κ2) is 6.31. The summed E-state index contributed by atoms with van der Waals surface area (Å²) in [5.74, 6) is 0.844. The molecule has 0 aliphatic heterocycles. The lowest BCUT2D eigenvalue weighted by Gasteiger charge is -2.19. The van der Waals surface area contributed by atoms with Crippen molar-refractivity contribution in [2.75, 3.05) is 6.61 Å². The smallest absolute Gasteiger partial charge is 0.122 e. The van der Waals surface area contributed by atoms with Gasteiger partial charge in [0.1, 0.15) is 18.5 Å². The van der Waals surface area contributed by atoms with E-state index in [2.05, 4.69) is 25.1 Å². The fourth-order valence-electron chi connectivity index (χ4n) is 2.83. The lowest BCUT2D eigenvalue weighted by molar-refractivity contribution is 0.107. The first-order valence-electron chi connectivity index (χ1n) is 7.34. The van der Waals surface area contributed by atoms with Gasteiger partial charge in [0, 0.05) is 0 Å². The highest BCUT2D eigenvalue weighted by Crippen LogP contribution is 2.26. The van der Waals surface area contributed by atoms with Crippen LogP contribution in [0.4, 0.5) is 0 Å². The molecule has 2 rings (SSSR count). The average Bonchev–Trinajstić information content (AvgIpc) is 2.38. The molecule has 0 saturated heterocycles. The molecule has 0 aliphatic carbocycles. The lowest BCUT2D eigenvalue weighted by atomic mass is 9.96. The summed E-state index contributed by atoms with van der Waals surface area (Å²) in [5.41, 5.74) is 6.68. The van der Waals surface area contributed by atoms with E-state index in [0.29, 0.717) is 0 Å². The van der Waals surface area contributed by atoms with E-state index in [1.54, 1.807) is 0 Å². The van der Waals surface area contributed by atoms with Crippen LogP contribution in [-0.4, -0.2) is 11.7 Å². The van der Waals surface area contributed by atoms with Crippen LogP contribution in [0.5, 0.6) is 5.75 Å². The van der Waals surface area contributed by atoms with E-state index in [-0.39, 0.29) is 6.61 Å². The molecule has 0 saturated carbocycles. The molecule has 0 fully saturated rings. The second-order valence-corrected chi connectivity index (χ2v) is 5.91. The highest BCUT2D eigenvalue weighted by atomic mass is 16.5. The summed E-state index contributed by atoms with van der Waals surface area (Å²) < 4.78 is 5.82. The number of rotatable bonds is 4. The zero-order valence-electron chi connectivity index (χ0n) is 13.5. The fraction of sp³-hybridized carbons (Fsp3) is 0.368. The van der Waals surface area contributed by atoms with Crippen molar-refractivity contribution in [3.05, 3.63) is 63.7 Å². The molecular weight excluding hydrogens is 260 g/mol. The lowest BCUT2D eigenvalue weighted by Crippen LogP contribution is -2.13. The minimum Gasteiger partial charge on any atom is -0.490 e. The van der Waals surface area contributed by atoms with Crippen molar-refractivity contribution >= 4 is 0 Å². The highest BCUT2D eigenvalue weighted by Gasteiger charge is 2.15. The highest BCUT2D eigenvalue weighted by molar-refractivity contribution is 5.39. The van der Waals surface area contributed by atoms with E-state index in [1.165, 1.54) is 5.56 Å². The molecule has 0 radical (unpaired) electrons. The quantitative estimate of drug-likeness (QED) is 0.905. The Kier molecular flexibility index (Phi) is 4.69. The molecule has 2 nitrogen and oxygen atoms in total. The van der Waals surface area contributed by atoms with Crippen LogP contribution in [0.2, 0.25) is 0 Å². The standard InChI is InChI=1S/C19H24O2/c1-12-6-7-14(3)18(10-12)21-11-17(20)19-15(4)8-13(2)9-16(19)5/h6-10,17,20H,11H2,1-5H3. The van der Waals surface area contributed by atoms with Crippen LogP contribution >= 0.6 is 0 Å². The maximum absolute atomic E-state index is 10.5. The zero-order chi connectivity index (χ0) is 15.6. The van der Waals surface area contributed by atoms with E-state index in [0.717, 1.165) is 33.6 Å². The van der Waals surface area contributed by atoms with E-state index >= 15 is 0 Å². The number of ether oxygens (including phenoxy) is 1. The van der Waals surface area contributed by atoms with E-state index in [9.17, 15) is 5.11 Å². The van der Waals surface area contributed by atoms with Crippen molar-refractivity contribution in [3.8, 4) is 5.75 Å². The number of hydrogen-bond acceptors (Lipinski definition) is 2. The van der Waals surface area contributed by atoms with Gasteiger partial charge in [0.05, 0.1) is 0 Å². The summed E-state index contributed by atoms with van der Waals surface area (Å²) in [6.07, 6.45) is -0.606. The van der Waals surface area contributed by atoms with Crippen LogP contribution in [0.3, 0.4) is 0 Å². The number of aliphatic hydroxyl groups is 1. The third-order valence-corrected chi connectivity index (χ3v) is 3.81. The molecule has 2 aromatic carbocycles. The molecule has 0 amide bonds. The Balaban J connectivity index is 2.15. The Labute approximate surface area is 127 Å². The van der Waals surface area contributed by atoms with E-state index in [1.807, 2.05) is 39.8 Å². The normalized spacial score (nSPS) is 12.3. The van der Waals surface area contributed by atoms with Gasteiger partial charge in [0.2, 0.25) is 0 Å². The van der Waals surface area contributed by atoms with Crippen molar-refractivity contribution in [1.29, 1.82) is 0 Å². The topological polar surface area (TPSA) is 29.5 Å². The van der Waals surface area contributed by atoms with Gasteiger partial charge >= 0.3 is 0 Å². The minimum absolute atomic E-state index is 0.273. The van der Waals surface area contributed by atoms with E-state index < -0.39 is 6.10 Å². The maximum Gasteiger partial charge on any atom is 0.122 e. The van der Waals surface area contributed by atoms with Crippen molar-refractivity contribution in [2.45, 2.75) is 40.7 Å². The number of aryl methyl sites for hydroxylation is 5. The largest absolute Gasteiger partial charge is 0.490 e. The zero-order valence-corrected chi connectivity index (χ0v) is 13.5. The molecular formula is C19H24O2. The summed E-state index contributed by atoms with van der Waals surface area (Å²) in [6, 6.07) is 10.3. The monoisotopic (exact) mass is 284 g/mol. The van der Waals surface area contributed by atoms with Crippen LogP contribution in [0.1, 0.15) is 39.5 Å². The van der Waals surface area contributed by atoms with Crippen LogP contribution in [-0.2, 0) is 0 Å². The maximum atomic E-state index is 10.5. The van der Waals surface area contributed by atoms with Crippen LogP contribution < -0.4 is 4.74 Å². The average molecular weight is 284 g/mol. The van der Waals surface area contributed by atoms with Crippen molar-refractivity contribution in [1.82, 2.24) is 0 Å². The van der Waals surface area contributed by atoms with Gasteiger partial charge in [-0.25, -0.2) is 0 Å². The SMILES string of the molecule is Cc1cc(C)c(C(O)COc2cc(C)ccc2C)c(C)c1. The minimum atomic E-state index is -0.606. The van der Waals surface area contributed by atoms with Crippen LogP contribution in [0, 0.1) is 34.6 Å². The first-order valence-corrected chi connectivity index (χ1v) is 7.34. The van der Waals surface area contributed by atoms with Gasteiger partial charge in [-0.3, -0.25) is 0 Å². The third-order valence-electron chi connectivity index (χ3n) is 3.81. The van der Waals surface area contributed by atoms with Gasteiger partial charge in [-0.2, -0.15) is 0 Å². The van der Waals surface area contributed by atoms with Gasteiger partial charge in [-0.05, 0) is 68.5 Å². The summed E-state index contributed by atoms with van der Waals surface area (Å²) in [6.45, 7) is 10.5. The first kappa shape index (κ1) is 15.6. The predicted octanol–water partition coefficient (Wildman–Crippen LogP) is 4.34. The molecule has 2 aromatic rings. The summed E-state index contributed by atoms with van der Waals surface area (Å²) in [7, 11) is 0. The molecule has 112 valence electrons. The number of aliphatic hydroxyl groups excluding tert-OH is 1. The van der Waals surface area contributed by atoms with Crippen LogP contribution in [0.15, 0.2) is 30.3 Å². The van der Waals surface area contributed by atoms with Crippen molar-refractivity contribution in [3.63, 3.8) is 0 Å². The van der Waals surface area contributed by atoms with Gasteiger partial charge < -0.3 is 9.84 Å². The van der Waals surface area contributed by atoms with Crippen LogP contribution in [0.25, 0.3) is 0 Å². The van der Waals surface area contributed by atoms with Gasteiger partial charge in [-0.15, -0.1) is 0 Å². The second-order valence-electron chi connectivity index (χ2n) is 5.91. The predicted molar refractivity (Wildman–Crippen MR) is 87.0 cm³/mol. The molecule has 0 bridgehead atoms. The fourth-order valence-corrected chi connectivity index (χ4v) is 2.83. The van der Waals surface area contributed by atoms with Gasteiger partial charge in [-0.1, -0.05) is 29.8 Å². The van der Waals surface area contributed by atoms with Gasteiger partial charge in [0.25, 0.3) is 0 Å². The van der Waals surface area contributed by atoms with Crippen molar-refractivity contribution in [2.24, 2.45) is 0 Å². The summed E-state index contributed by atoms with van der Waals surface area (Å²) >= 11 is 0. The molecule has 0 spiro atoms. The first-order chi connectivity index (χ1) is 9.88. The Hall–Kier alpha value is -1.80. The Morgan fingerprint density at radius 2 is 1.48 bits per heavy atom. The summed E-state index contributed by atoms with van der Waals surface area (Å²) in [4.78, 5) is 0. The van der Waals surface area contributed by atoms with Gasteiger partial charge in [0.15, 0.2) is 0 Å². The molecule has 1 unspecified atom stereocenters. The molecule has 21 heavy (non-hydrogen) atoms. The molecule has 0 heterocycles. The number of benzene rings is 2. The van der Waals surface area contributed by atoms with Crippen molar-refractivity contribution < 1.29 is 9.84 Å². The van der Waals surface area contributed by atoms with E-state index in [4.69, 9.17) is 4.74 Å². The molecule has 1 atom stereocenters. The molecule has 1 N–H and O–H groups in total. The molecule has 2 heteroatoms. The Bertz CT molecular complexity index is 621.